The van der Waals surface area contributed by atoms with Gasteiger partial charge in [-0.2, -0.15) is 0 Å². The van der Waals surface area contributed by atoms with E-state index in [9.17, 15) is 4.39 Å². The number of rotatable bonds is 3. The van der Waals surface area contributed by atoms with Crippen molar-refractivity contribution >= 4 is 5.82 Å². The van der Waals surface area contributed by atoms with E-state index in [1.165, 1.54) is 12.1 Å². The number of nitrogens with zero attached hydrogens (tertiary/aromatic N) is 2. The molecule has 1 aromatic carbocycles. The van der Waals surface area contributed by atoms with E-state index in [4.69, 9.17) is 4.74 Å². The number of halogens is 1. The third-order valence-electron chi connectivity index (χ3n) is 3.27. The summed E-state index contributed by atoms with van der Waals surface area (Å²) >= 11 is 0. The van der Waals surface area contributed by atoms with Crippen LogP contribution in [-0.2, 0) is 17.8 Å². The molecule has 0 spiro atoms. The summed E-state index contributed by atoms with van der Waals surface area (Å²) in [5.41, 5.74) is 2.87. The summed E-state index contributed by atoms with van der Waals surface area (Å²) in [5, 5.41) is 3.25. The smallest absolute Gasteiger partial charge is 0.161 e. The number of hydrogen-bond acceptors (Lipinski definition) is 4. The average Bonchev–Trinajstić information content (AvgIpc) is 2.48. The Labute approximate surface area is 117 Å². The summed E-state index contributed by atoms with van der Waals surface area (Å²) in [7, 11) is 0. The van der Waals surface area contributed by atoms with Crippen LogP contribution in [0, 0.1) is 5.82 Å². The zero-order chi connectivity index (χ0) is 13.9. The average molecular weight is 273 g/mol. The summed E-state index contributed by atoms with van der Waals surface area (Å²) < 4.78 is 18.5. The molecule has 0 aliphatic carbocycles. The van der Waals surface area contributed by atoms with Crippen LogP contribution in [0.1, 0.15) is 18.2 Å². The predicted octanol–water partition coefficient (Wildman–Crippen LogP) is 2.79. The lowest BCUT2D eigenvalue weighted by Crippen LogP contribution is -2.17. The molecule has 4 nitrogen and oxygen atoms in total. The second kappa shape index (κ2) is 5.54. The van der Waals surface area contributed by atoms with Gasteiger partial charge in [0.25, 0.3) is 0 Å². The van der Waals surface area contributed by atoms with Crippen LogP contribution in [-0.4, -0.2) is 23.1 Å². The van der Waals surface area contributed by atoms with Crippen molar-refractivity contribution in [1.82, 2.24) is 9.97 Å². The molecule has 0 amide bonds. The van der Waals surface area contributed by atoms with Crippen molar-refractivity contribution in [1.29, 1.82) is 0 Å². The van der Waals surface area contributed by atoms with Gasteiger partial charge in [-0.15, -0.1) is 0 Å². The van der Waals surface area contributed by atoms with Crippen LogP contribution in [0.4, 0.5) is 10.2 Å². The Balaban J connectivity index is 2.07. The van der Waals surface area contributed by atoms with Gasteiger partial charge in [0.1, 0.15) is 11.6 Å². The lowest BCUT2D eigenvalue weighted by Gasteiger charge is -2.19. The summed E-state index contributed by atoms with van der Waals surface area (Å²) in [6, 6.07) is 6.25. The molecule has 1 N–H and O–H groups in total. The van der Waals surface area contributed by atoms with Gasteiger partial charge in [-0.05, 0) is 31.2 Å². The van der Waals surface area contributed by atoms with Gasteiger partial charge >= 0.3 is 0 Å². The predicted molar refractivity (Wildman–Crippen MR) is 74.9 cm³/mol. The molecule has 1 aliphatic heterocycles. The zero-order valence-corrected chi connectivity index (χ0v) is 11.3. The Morgan fingerprint density at radius 3 is 2.80 bits per heavy atom. The Hall–Kier alpha value is -2.01. The summed E-state index contributed by atoms with van der Waals surface area (Å²) in [5.74, 6) is 1.19. The quantitative estimate of drug-likeness (QED) is 0.934. The minimum atomic E-state index is -0.257. The van der Waals surface area contributed by atoms with Crippen molar-refractivity contribution in [3.63, 3.8) is 0 Å². The molecule has 2 aromatic rings. The van der Waals surface area contributed by atoms with E-state index in [0.29, 0.717) is 19.0 Å². The zero-order valence-electron chi connectivity index (χ0n) is 11.3. The van der Waals surface area contributed by atoms with Gasteiger partial charge in [0, 0.05) is 24.1 Å². The molecule has 104 valence electrons. The first-order valence-corrected chi connectivity index (χ1v) is 6.75. The van der Waals surface area contributed by atoms with Crippen molar-refractivity contribution in [3.8, 4) is 11.4 Å². The summed E-state index contributed by atoms with van der Waals surface area (Å²) in [6.07, 6.45) is 0.782. The molecular weight excluding hydrogens is 257 g/mol. The van der Waals surface area contributed by atoms with Crippen molar-refractivity contribution in [2.45, 2.75) is 20.0 Å². The number of hydrogen-bond donors (Lipinski definition) is 1. The van der Waals surface area contributed by atoms with Crippen molar-refractivity contribution in [2.24, 2.45) is 0 Å². The minimum Gasteiger partial charge on any atom is -0.376 e. The van der Waals surface area contributed by atoms with Gasteiger partial charge in [0.05, 0.1) is 18.9 Å². The van der Waals surface area contributed by atoms with Crippen molar-refractivity contribution < 1.29 is 9.13 Å². The van der Waals surface area contributed by atoms with E-state index in [2.05, 4.69) is 15.3 Å². The van der Waals surface area contributed by atoms with Gasteiger partial charge in [0.15, 0.2) is 5.82 Å². The van der Waals surface area contributed by atoms with Gasteiger partial charge in [0.2, 0.25) is 0 Å². The molecule has 0 bridgehead atoms. The van der Waals surface area contributed by atoms with Crippen LogP contribution in [0.25, 0.3) is 11.4 Å². The molecule has 3 rings (SSSR count). The Morgan fingerprint density at radius 2 is 2.05 bits per heavy atom. The standard InChI is InChI=1S/C15H16FN3O/c1-2-17-15-12-9-20-8-7-13(12)18-14(19-15)10-3-5-11(16)6-4-10/h3-6H,2,7-9H2,1H3,(H,17,18,19). The molecule has 0 fully saturated rings. The second-order valence-corrected chi connectivity index (χ2v) is 4.66. The molecule has 5 heteroatoms. The molecule has 0 saturated carbocycles. The van der Waals surface area contributed by atoms with Gasteiger partial charge in [-0.1, -0.05) is 0 Å². The molecule has 0 unspecified atom stereocenters. The minimum absolute atomic E-state index is 0.257. The van der Waals surface area contributed by atoms with Crippen LogP contribution >= 0.6 is 0 Å². The fourth-order valence-corrected chi connectivity index (χ4v) is 2.27. The Morgan fingerprint density at radius 1 is 1.25 bits per heavy atom. The fraction of sp³-hybridized carbons (Fsp3) is 0.333. The topological polar surface area (TPSA) is 47.0 Å². The number of fused-ring (bicyclic) bond motifs is 1. The fourth-order valence-electron chi connectivity index (χ4n) is 2.27. The van der Waals surface area contributed by atoms with Crippen LogP contribution < -0.4 is 5.32 Å². The molecule has 1 aliphatic rings. The molecular formula is C15H16FN3O. The highest BCUT2D eigenvalue weighted by molar-refractivity contribution is 5.60. The molecule has 0 radical (unpaired) electrons. The number of aromatic nitrogens is 2. The Kier molecular flexibility index (Phi) is 3.60. The van der Waals surface area contributed by atoms with Crippen LogP contribution in [0.5, 0.6) is 0 Å². The van der Waals surface area contributed by atoms with Gasteiger partial charge in [-0.3, -0.25) is 0 Å². The largest absolute Gasteiger partial charge is 0.376 e. The lowest BCUT2D eigenvalue weighted by atomic mass is 10.1. The van der Waals surface area contributed by atoms with E-state index in [-0.39, 0.29) is 5.82 Å². The number of nitrogens with one attached hydrogen (secondary N) is 1. The van der Waals surface area contributed by atoms with Gasteiger partial charge in [-0.25, -0.2) is 14.4 Å². The SMILES string of the molecule is CCNc1nc(-c2ccc(F)cc2)nc2c1COCC2. The van der Waals surface area contributed by atoms with E-state index in [1.54, 1.807) is 12.1 Å². The first kappa shape index (κ1) is 13.0. The van der Waals surface area contributed by atoms with E-state index in [1.807, 2.05) is 6.92 Å². The molecule has 0 saturated heterocycles. The lowest BCUT2D eigenvalue weighted by molar-refractivity contribution is 0.109. The first-order valence-electron chi connectivity index (χ1n) is 6.75. The van der Waals surface area contributed by atoms with Crippen molar-refractivity contribution in [2.75, 3.05) is 18.5 Å². The molecule has 0 atom stereocenters. The van der Waals surface area contributed by atoms with Crippen LogP contribution in [0.15, 0.2) is 24.3 Å². The van der Waals surface area contributed by atoms with E-state index in [0.717, 1.165) is 35.6 Å². The highest BCUT2D eigenvalue weighted by Gasteiger charge is 2.18. The van der Waals surface area contributed by atoms with E-state index < -0.39 is 0 Å². The maximum atomic E-state index is 13.0. The van der Waals surface area contributed by atoms with E-state index >= 15 is 0 Å². The Bertz CT molecular complexity index is 613. The summed E-state index contributed by atoms with van der Waals surface area (Å²) in [4.78, 5) is 9.15. The highest BCUT2D eigenvalue weighted by atomic mass is 19.1. The number of anilines is 1. The second-order valence-electron chi connectivity index (χ2n) is 4.66. The summed E-state index contributed by atoms with van der Waals surface area (Å²) in [6.45, 7) is 4.03. The molecule has 20 heavy (non-hydrogen) atoms. The van der Waals surface area contributed by atoms with Gasteiger partial charge < -0.3 is 10.1 Å². The highest BCUT2D eigenvalue weighted by Crippen LogP contribution is 2.26. The third kappa shape index (κ3) is 2.49. The molecule has 2 heterocycles. The monoisotopic (exact) mass is 273 g/mol. The van der Waals surface area contributed by atoms with Crippen LogP contribution in [0.3, 0.4) is 0 Å². The van der Waals surface area contributed by atoms with Crippen molar-refractivity contribution in [3.05, 3.63) is 41.3 Å². The first-order chi connectivity index (χ1) is 9.78. The van der Waals surface area contributed by atoms with Crippen LogP contribution in [0.2, 0.25) is 0 Å². The normalized spacial score (nSPS) is 13.9. The maximum Gasteiger partial charge on any atom is 0.161 e. The maximum absolute atomic E-state index is 13.0. The number of benzene rings is 1. The molecule has 1 aromatic heterocycles. The third-order valence-corrected chi connectivity index (χ3v) is 3.27. The number of ether oxygens (including phenoxy) is 1.